The number of anilines is 1. The van der Waals surface area contributed by atoms with Gasteiger partial charge in [0.15, 0.2) is 0 Å². The molecular weight excluding hydrogens is 364 g/mol. The molecule has 3 atom stereocenters. The summed E-state index contributed by atoms with van der Waals surface area (Å²) in [5, 5.41) is 12.3. The van der Waals surface area contributed by atoms with Crippen LogP contribution < -0.4 is 4.90 Å². The number of aromatic nitrogens is 3. The van der Waals surface area contributed by atoms with Crippen molar-refractivity contribution in [2.45, 2.75) is 43.9 Å². The lowest BCUT2D eigenvalue weighted by Crippen LogP contribution is -2.45. The molecule has 2 saturated heterocycles. The van der Waals surface area contributed by atoms with Crippen molar-refractivity contribution in [1.82, 2.24) is 14.5 Å². The minimum absolute atomic E-state index is 0. The summed E-state index contributed by atoms with van der Waals surface area (Å²) in [6.45, 7) is 0. The van der Waals surface area contributed by atoms with E-state index in [9.17, 15) is 5.11 Å². The number of nitrogens with zero attached hydrogens (tertiary/aromatic N) is 4. The fourth-order valence-electron chi connectivity index (χ4n) is 4.57. The maximum atomic E-state index is 10.0. The summed E-state index contributed by atoms with van der Waals surface area (Å²) in [7, 11) is 2.07. The second-order valence-corrected chi connectivity index (χ2v) is 7.46. The van der Waals surface area contributed by atoms with E-state index in [1.807, 2.05) is 18.5 Å². The van der Waals surface area contributed by atoms with Crippen LogP contribution in [0.2, 0.25) is 0 Å². The van der Waals surface area contributed by atoms with Crippen LogP contribution in [-0.2, 0) is 7.05 Å². The van der Waals surface area contributed by atoms with Gasteiger partial charge in [-0.1, -0.05) is 0 Å². The van der Waals surface area contributed by atoms with Crippen molar-refractivity contribution in [2.24, 2.45) is 7.05 Å². The van der Waals surface area contributed by atoms with Crippen molar-refractivity contribution in [3.8, 4) is 0 Å². The van der Waals surface area contributed by atoms with Gasteiger partial charge in [0.2, 0.25) is 0 Å². The molecule has 0 saturated carbocycles. The van der Waals surface area contributed by atoms with Gasteiger partial charge >= 0.3 is 0 Å². The second kappa shape index (κ2) is 8.02. The first kappa shape index (κ1) is 19.9. The highest BCUT2D eigenvalue weighted by Gasteiger charge is 2.40. The van der Waals surface area contributed by atoms with Gasteiger partial charge in [-0.25, -0.2) is 4.98 Å². The Morgan fingerprint density at radius 2 is 1.78 bits per heavy atom. The number of aliphatic hydroxyl groups is 1. The third-order valence-electron chi connectivity index (χ3n) is 5.60. The second-order valence-electron chi connectivity index (χ2n) is 7.09. The lowest BCUT2D eigenvalue weighted by Gasteiger charge is -2.38. The van der Waals surface area contributed by atoms with E-state index >= 15 is 0 Å². The summed E-state index contributed by atoms with van der Waals surface area (Å²) in [4.78, 5) is 11.7. The summed E-state index contributed by atoms with van der Waals surface area (Å²) in [6, 6.07) is 7.22. The van der Waals surface area contributed by atoms with Crippen molar-refractivity contribution in [3.05, 3.63) is 30.6 Å². The largest absolute Gasteiger partial charge is 0.412 e. The quantitative estimate of drug-likeness (QED) is 0.619. The van der Waals surface area contributed by atoms with Crippen LogP contribution in [0.1, 0.15) is 25.7 Å². The van der Waals surface area contributed by atoms with E-state index in [2.05, 4.69) is 33.6 Å². The van der Waals surface area contributed by atoms with E-state index in [-0.39, 0.29) is 11.6 Å². The molecule has 3 aromatic heterocycles. The highest BCUT2D eigenvalue weighted by Crippen LogP contribution is 2.39. The van der Waals surface area contributed by atoms with Gasteiger partial charge in [0.25, 0.3) is 0 Å². The first-order valence-corrected chi connectivity index (χ1v) is 10.1. The third-order valence-corrected chi connectivity index (χ3v) is 5.60. The Labute approximate surface area is 162 Å². The van der Waals surface area contributed by atoms with Crippen LogP contribution in [0.5, 0.6) is 0 Å². The molecule has 2 aliphatic heterocycles. The number of hydrogen-bond acceptors (Lipinski definition) is 6. The zero-order valence-corrected chi connectivity index (χ0v) is 16.4. The summed E-state index contributed by atoms with van der Waals surface area (Å²) in [5.41, 5.74) is 2.17. The molecule has 8 heteroatoms. The monoisotopic (exact) mass is 390 g/mol. The average Bonchev–Trinajstić information content (AvgIpc) is 3.08. The minimum Gasteiger partial charge on any atom is -0.412 e. The molecule has 0 aliphatic carbocycles. The Kier molecular flexibility index (Phi) is 5.90. The van der Waals surface area contributed by atoms with Gasteiger partial charge in [0.1, 0.15) is 11.5 Å². The SMILES string of the molecule is CSO.Cn1c2ccncc2c2ccc(N3[C@@H]4CC[C@H]3CC(O)C4)nc21.O. The fourth-order valence-corrected chi connectivity index (χ4v) is 4.57. The van der Waals surface area contributed by atoms with E-state index in [4.69, 9.17) is 9.54 Å². The van der Waals surface area contributed by atoms with E-state index in [0.717, 1.165) is 52.6 Å². The summed E-state index contributed by atoms with van der Waals surface area (Å²) >= 11 is 0.750. The predicted molar refractivity (Wildman–Crippen MR) is 110 cm³/mol. The highest BCUT2D eigenvalue weighted by molar-refractivity contribution is 7.93. The zero-order chi connectivity index (χ0) is 18.3. The Hall–Kier alpha value is -1.87. The van der Waals surface area contributed by atoms with E-state index < -0.39 is 0 Å². The van der Waals surface area contributed by atoms with E-state index in [0.29, 0.717) is 12.1 Å². The molecule has 146 valence electrons. The number of hydrogen-bond donors (Lipinski definition) is 2. The Morgan fingerprint density at radius 3 is 2.44 bits per heavy atom. The van der Waals surface area contributed by atoms with Gasteiger partial charge in [0.05, 0.1) is 11.6 Å². The van der Waals surface area contributed by atoms with Crippen molar-refractivity contribution in [2.75, 3.05) is 11.2 Å². The molecule has 0 spiro atoms. The van der Waals surface area contributed by atoms with Crippen LogP contribution in [0.25, 0.3) is 21.9 Å². The number of fused-ring (bicyclic) bond motifs is 5. The molecule has 2 fully saturated rings. The Balaban J connectivity index is 0.000000495. The van der Waals surface area contributed by atoms with E-state index in [1.165, 1.54) is 12.8 Å². The van der Waals surface area contributed by atoms with Gasteiger partial charge in [-0.3, -0.25) is 4.98 Å². The minimum atomic E-state index is -0.142. The number of piperidine rings is 1. The molecule has 0 aromatic carbocycles. The summed E-state index contributed by atoms with van der Waals surface area (Å²) < 4.78 is 9.64. The van der Waals surface area contributed by atoms with Crippen LogP contribution >= 0.6 is 12.0 Å². The van der Waals surface area contributed by atoms with Crippen molar-refractivity contribution < 1.29 is 15.1 Å². The van der Waals surface area contributed by atoms with Gasteiger partial charge < -0.3 is 24.6 Å². The first-order valence-electron chi connectivity index (χ1n) is 8.97. The maximum Gasteiger partial charge on any atom is 0.143 e. The van der Waals surface area contributed by atoms with E-state index in [1.54, 1.807) is 6.26 Å². The molecule has 5 rings (SSSR count). The van der Waals surface area contributed by atoms with Crippen molar-refractivity contribution in [3.63, 3.8) is 0 Å². The topological polar surface area (TPSA) is 106 Å². The molecule has 4 N–H and O–H groups in total. The molecule has 27 heavy (non-hydrogen) atoms. The molecule has 2 aliphatic rings. The molecule has 7 nitrogen and oxygen atoms in total. The predicted octanol–water partition coefficient (Wildman–Crippen LogP) is 2.61. The number of aliphatic hydroxyl groups excluding tert-OH is 1. The highest BCUT2D eigenvalue weighted by atomic mass is 32.2. The molecular formula is C19H26N4O3S. The van der Waals surface area contributed by atoms with Crippen LogP contribution in [0, 0.1) is 0 Å². The lowest BCUT2D eigenvalue weighted by atomic mass is 10.00. The standard InChI is InChI=1S/C18H20N4O.CH4OS.H2O/c1-21-16-6-7-19-10-15(16)14-4-5-17(20-18(14)21)22-11-2-3-12(22)9-13(23)8-11;1-3-2;/h4-7,10-13,23H,2-3,8-9H2,1H3;2H,1H3;1H2/t11-,12+,13?;;. The van der Waals surface area contributed by atoms with Crippen LogP contribution in [0.15, 0.2) is 30.6 Å². The summed E-state index contributed by atoms with van der Waals surface area (Å²) in [6.07, 6.45) is 9.27. The molecule has 0 radical (unpaired) electrons. The number of rotatable bonds is 1. The van der Waals surface area contributed by atoms with Crippen molar-refractivity contribution >= 4 is 39.8 Å². The van der Waals surface area contributed by atoms with Crippen LogP contribution in [-0.4, -0.2) is 54.1 Å². The van der Waals surface area contributed by atoms with Crippen molar-refractivity contribution in [1.29, 1.82) is 0 Å². The molecule has 1 unspecified atom stereocenters. The normalized spacial score (nSPS) is 23.9. The molecule has 2 bridgehead atoms. The molecule has 5 heterocycles. The number of aryl methyl sites for hydroxylation is 1. The smallest absolute Gasteiger partial charge is 0.143 e. The maximum absolute atomic E-state index is 10.0. The van der Waals surface area contributed by atoms with Crippen LogP contribution in [0.3, 0.4) is 0 Å². The Morgan fingerprint density at radius 1 is 1.11 bits per heavy atom. The molecule has 3 aromatic rings. The number of pyridine rings is 2. The van der Waals surface area contributed by atoms with Gasteiger partial charge in [-0.2, -0.15) is 0 Å². The fraction of sp³-hybridized carbons (Fsp3) is 0.474. The average molecular weight is 391 g/mol. The van der Waals surface area contributed by atoms with Gasteiger partial charge in [-0.05, 0) is 55.9 Å². The van der Waals surface area contributed by atoms with Gasteiger partial charge in [-0.15, -0.1) is 0 Å². The molecule has 0 amide bonds. The third kappa shape index (κ3) is 3.38. The first-order chi connectivity index (χ1) is 12.6. The summed E-state index contributed by atoms with van der Waals surface area (Å²) in [5.74, 6) is 1.05. The lowest BCUT2D eigenvalue weighted by molar-refractivity contribution is 0.126. The van der Waals surface area contributed by atoms with Crippen LogP contribution in [0.4, 0.5) is 5.82 Å². The zero-order valence-electron chi connectivity index (χ0n) is 15.5. The van der Waals surface area contributed by atoms with Gasteiger partial charge in [0, 0.05) is 48.6 Å². The Bertz CT molecular complexity index is 918.